The summed E-state index contributed by atoms with van der Waals surface area (Å²) in [5.74, 6) is 0. The number of para-hydroxylation sites is 1. The molecule has 0 aliphatic carbocycles. The van der Waals surface area contributed by atoms with Crippen LogP contribution in [-0.2, 0) is 0 Å². The first-order valence-electron chi connectivity index (χ1n) is 4.96. The molecule has 0 atom stereocenters. The Hall–Kier alpha value is -2.35. The summed E-state index contributed by atoms with van der Waals surface area (Å²) in [5, 5.41) is 19.5. The summed E-state index contributed by atoms with van der Waals surface area (Å²) in [6.07, 6.45) is 0. The number of rotatable bonds is 3. The zero-order valence-electron chi connectivity index (χ0n) is 9.40. The highest BCUT2D eigenvalue weighted by Gasteiger charge is 2.12. The van der Waals surface area contributed by atoms with Crippen molar-refractivity contribution in [2.24, 2.45) is 10.2 Å². The molecule has 2 rings (SSSR count). The SMILES string of the molecule is Cc1nc(N)sc1N=Nc1ccccc1[N+](=O)[O-]. The number of hydrogen-bond donors (Lipinski definition) is 1. The van der Waals surface area contributed by atoms with E-state index in [2.05, 4.69) is 15.2 Å². The molecule has 0 aliphatic rings. The molecule has 0 amide bonds. The van der Waals surface area contributed by atoms with Crippen LogP contribution < -0.4 is 5.73 Å². The van der Waals surface area contributed by atoms with Crippen molar-refractivity contribution < 1.29 is 4.92 Å². The maximum Gasteiger partial charge on any atom is 0.296 e. The molecule has 18 heavy (non-hydrogen) atoms. The minimum absolute atomic E-state index is 0.0867. The molecular formula is C10H9N5O2S. The van der Waals surface area contributed by atoms with Gasteiger partial charge in [0.05, 0.1) is 10.6 Å². The molecule has 1 heterocycles. The second-order valence-electron chi connectivity index (χ2n) is 3.39. The minimum Gasteiger partial charge on any atom is -0.375 e. The van der Waals surface area contributed by atoms with E-state index in [1.54, 1.807) is 19.1 Å². The summed E-state index contributed by atoms with van der Waals surface area (Å²) in [5.41, 5.74) is 6.29. The second kappa shape index (κ2) is 4.88. The molecule has 92 valence electrons. The van der Waals surface area contributed by atoms with Crippen molar-refractivity contribution in [1.29, 1.82) is 0 Å². The van der Waals surface area contributed by atoms with E-state index in [4.69, 9.17) is 5.73 Å². The van der Waals surface area contributed by atoms with Gasteiger partial charge < -0.3 is 5.73 Å². The Morgan fingerprint density at radius 2 is 2.11 bits per heavy atom. The molecule has 0 bridgehead atoms. The van der Waals surface area contributed by atoms with Crippen molar-refractivity contribution in [3.8, 4) is 0 Å². The van der Waals surface area contributed by atoms with Gasteiger partial charge in [-0.1, -0.05) is 23.5 Å². The zero-order valence-corrected chi connectivity index (χ0v) is 10.2. The first kappa shape index (κ1) is 12.1. The Balaban J connectivity index is 2.34. The lowest BCUT2D eigenvalue weighted by atomic mass is 10.3. The fourth-order valence-corrected chi connectivity index (χ4v) is 1.96. The Bertz CT molecular complexity index is 622. The maximum atomic E-state index is 10.8. The van der Waals surface area contributed by atoms with Crippen molar-refractivity contribution in [2.45, 2.75) is 6.92 Å². The number of nitro benzene ring substituents is 1. The molecule has 1 aromatic carbocycles. The topological polar surface area (TPSA) is 107 Å². The highest BCUT2D eigenvalue weighted by atomic mass is 32.1. The van der Waals surface area contributed by atoms with E-state index in [0.717, 1.165) is 0 Å². The van der Waals surface area contributed by atoms with E-state index < -0.39 is 4.92 Å². The zero-order chi connectivity index (χ0) is 13.1. The summed E-state index contributed by atoms with van der Waals surface area (Å²) >= 11 is 1.18. The van der Waals surface area contributed by atoms with Gasteiger partial charge in [0.1, 0.15) is 0 Å². The fourth-order valence-electron chi connectivity index (χ4n) is 1.30. The summed E-state index contributed by atoms with van der Waals surface area (Å²) in [7, 11) is 0. The van der Waals surface area contributed by atoms with Crippen LogP contribution in [0.2, 0.25) is 0 Å². The lowest BCUT2D eigenvalue weighted by molar-refractivity contribution is -0.384. The number of azo groups is 1. The number of anilines is 1. The molecular weight excluding hydrogens is 254 g/mol. The van der Waals surface area contributed by atoms with Crippen LogP contribution in [0.25, 0.3) is 0 Å². The molecule has 0 unspecified atom stereocenters. The molecule has 0 fully saturated rings. The van der Waals surface area contributed by atoms with Crippen LogP contribution in [0.1, 0.15) is 5.69 Å². The molecule has 2 aromatic rings. The van der Waals surface area contributed by atoms with Crippen molar-refractivity contribution in [1.82, 2.24) is 4.98 Å². The quantitative estimate of drug-likeness (QED) is 0.520. The Kier molecular flexibility index (Phi) is 3.28. The smallest absolute Gasteiger partial charge is 0.296 e. The molecule has 0 aliphatic heterocycles. The summed E-state index contributed by atoms with van der Waals surface area (Å²) in [6.45, 7) is 1.75. The van der Waals surface area contributed by atoms with Gasteiger partial charge in [0.25, 0.3) is 5.69 Å². The van der Waals surface area contributed by atoms with Crippen molar-refractivity contribution in [2.75, 3.05) is 5.73 Å². The third-order valence-corrected chi connectivity index (χ3v) is 2.99. The predicted octanol–water partition coefficient (Wildman–Crippen LogP) is 3.36. The minimum atomic E-state index is -0.498. The van der Waals surface area contributed by atoms with E-state index in [-0.39, 0.29) is 11.4 Å². The highest BCUT2D eigenvalue weighted by molar-refractivity contribution is 7.19. The van der Waals surface area contributed by atoms with Gasteiger partial charge >= 0.3 is 0 Å². The Labute approximate surface area is 106 Å². The Morgan fingerprint density at radius 1 is 1.39 bits per heavy atom. The molecule has 1 aromatic heterocycles. The number of nitro groups is 1. The summed E-state index contributed by atoms with van der Waals surface area (Å²) in [6, 6.07) is 6.14. The first-order valence-corrected chi connectivity index (χ1v) is 5.77. The largest absolute Gasteiger partial charge is 0.375 e. The van der Waals surface area contributed by atoms with Crippen LogP contribution in [0.5, 0.6) is 0 Å². The molecule has 8 heteroatoms. The van der Waals surface area contributed by atoms with Crippen LogP contribution >= 0.6 is 11.3 Å². The van der Waals surface area contributed by atoms with Crippen LogP contribution in [0.3, 0.4) is 0 Å². The van der Waals surface area contributed by atoms with Gasteiger partial charge in [-0.15, -0.1) is 10.2 Å². The third-order valence-electron chi connectivity index (χ3n) is 2.12. The van der Waals surface area contributed by atoms with Gasteiger partial charge in [0.2, 0.25) is 0 Å². The number of aryl methyl sites for hydroxylation is 1. The number of nitrogens with two attached hydrogens (primary N) is 1. The van der Waals surface area contributed by atoms with E-state index in [9.17, 15) is 10.1 Å². The number of hydrogen-bond acceptors (Lipinski definition) is 7. The predicted molar refractivity (Wildman–Crippen MR) is 68.5 cm³/mol. The summed E-state index contributed by atoms with van der Waals surface area (Å²) in [4.78, 5) is 14.3. The molecule has 7 nitrogen and oxygen atoms in total. The van der Waals surface area contributed by atoms with Gasteiger partial charge in [-0.05, 0) is 13.0 Å². The number of aromatic nitrogens is 1. The van der Waals surface area contributed by atoms with Crippen LogP contribution in [0, 0.1) is 17.0 Å². The van der Waals surface area contributed by atoms with Crippen LogP contribution in [0.15, 0.2) is 34.5 Å². The van der Waals surface area contributed by atoms with E-state index in [0.29, 0.717) is 15.8 Å². The molecule has 0 saturated carbocycles. The van der Waals surface area contributed by atoms with Crippen molar-refractivity contribution >= 4 is 32.8 Å². The van der Waals surface area contributed by atoms with Crippen LogP contribution in [0.4, 0.5) is 21.5 Å². The Morgan fingerprint density at radius 3 is 2.72 bits per heavy atom. The van der Waals surface area contributed by atoms with Gasteiger partial charge in [-0.25, -0.2) is 4.98 Å². The van der Waals surface area contributed by atoms with E-state index >= 15 is 0 Å². The van der Waals surface area contributed by atoms with E-state index in [1.807, 2.05) is 0 Å². The maximum absolute atomic E-state index is 10.8. The van der Waals surface area contributed by atoms with Crippen molar-refractivity contribution in [3.05, 3.63) is 40.1 Å². The van der Waals surface area contributed by atoms with Gasteiger partial charge in [0.15, 0.2) is 15.8 Å². The summed E-state index contributed by atoms with van der Waals surface area (Å²) < 4.78 is 0. The van der Waals surface area contributed by atoms with Gasteiger partial charge in [-0.3, -0.25) is 10.1 Å². The van der Waals surface area contributed by atoms with Crippen LogP contribution in [-0.4, -0.2) is 9.91 Å². The standard InChI is InChI=1S/C10H9N5O2S/c1-6-9(18-10(11)12-6)14-13-7-4-2-3-5-8(7)15(16)17/h2-5H,1H3,(H2,11,12). The van der Waals surface area contributed by atoms with E-state index in [1.165, 1.54) is 23.5 Å². The molecule has 0 radical (unpaired) electrons. The third kappa shape index (κ3) is 2.48. The van der Waals surface area contributed by atoms with Crippen molar-refractivity contribution in [3.63, 3.8) is 0 Å². The fraction of sp³-hybridized carbons (Fsp3) is 0.100. The number of nitrogen functional groups attached to an aromatic ring is 1. The number of thiazole rings is 1. The molecule has 2 N–H and O–H groups in total. The average Bonchev–Trinajstić information content (AvgIpc) is 2.65. The average molecular weight is 263 g/mol. The number of benzene rings is 1. The molecule has 0 spiro atoms. The van der Waals surface area contributed by atoms with Gasteiger partial charge in [-0.2, -0.15) is 0 Å². The normalized spacial score (nSPS) is 10.9. The lowest BCUT2D eigenvalue weighted by Crippen LogP contribution is -1.86. The van der Waals surface area contributed by atoms with Gasteiger partial charge in [0, 0.05) is 6.07 Å². The highest BCUT2D eigenvalue weighted by Crippen LogP contribution is 2.32. The molecule has 0 saturated heterocycles. The monoisotopic (exact) mass is 263 g/mol. The second-order valence-corrected chi connectivity index (χ2v) is 4.40. The number of nitrogens with zero attached hydrogens (tertiary/aromatic N) is 4. The first-order chi connectivity index (χ1) is 8.58. The lowest BCUT2D eigenvalue weighted by Gasteiger charge is -1.94.